The lowest BCUT2D eigenvalue weighted by molar-refractivity contribution is 1.44. The van der Waals surface area contributed by atoms with Crippen molar-refractivity contribution in [3.8, 4) is 6.07 Å². The van der Waals surface area contributed by atoms with E-state index in [4.69, 9.17) is 0 Å². The van der Waals surface area contributed by atoms with Crippen molar-refractivity contribution in [1.82, 2.24) is 0 Å². The summed E-state index contributed by atoms with van der Waals surface area (Å²) >= 11 is 8.25. The molecule has 94 valence electrons. The van der Waals surface area contributed by atoms with E-state index >= 15 is 0 Å². The van der Waals surface area contributed by atoms with Crippen LogP contribution in [0.1, 0.15) is 5.56 Å². The summed E-state index contributed by atoms with van der Waals surface area (Å²) in [7, 11) is 0. The van der Waals surface area contributed by atoms with Gasteiger partial charge in [0.1, 0.15) is 6.07 Å². The maximum Gasteiger partial charge on any atom is 0.106 e. The van der Waals surface area contributed by atoms with Crippen LogP contribution in [-0.4, -0.2) is 0 Å². The summed E-state index contributed by atoms with van der Waals surface area (Å²) in [5, 5.41) is 9.20. The zero-order valence-electron chi connectivity index (χ0n) is 9.81. The molecule has 0 heterocycles. The van der Waals surface area contributed by atoms with Crippen LogP contribution in [-0.2, 0) is 0 Å². The molecule has 1 nitrogen and oxygen atoms in total. The van der Waals surface area contributed by atoms with Gasteiger partial charge in [0, 0.05) is 13.8 Å². The van der Waals surface area contributed by atoms with Crippen LogP contribution in [0.3, 0.4) is 0 Å². The number of allylic oxidation sites excluding steroid dienone is 1. The summed E-state index contributed by atoms with van der Waals surface area (Å²) in [6.45, 7) is 0. The molecule has 4 heteroatoms. The number of halogens is 2. The number of nitriles is 1. The predicted octanol–water partition coefficient (Wildman–Crippen LogP) is 5.87. The van der Waals surface area contributed by atoms with Gasteiger partial charge < -0.3 is 0 Å². The topological polar surface area (TPSA) is 23.8 Å². The molecule has 0 radical (unpaired) electrons. The first-order valence-electron chi connectivity index (χ1n) is 5.48. The van der Waals surface area contributed by atoms with Gasteiger partial charge in [-0.15, -0.1) is 0 Å². The van der Waals surface area contributed by atoms with Gasteiger partial charge in [-0.1, -0.05) is 55.8 Å². The second-order valence-corrected chi connectivity index (χ2v) is 6.67. The van der Waals surface area contributed by atoms with Crippen molar-refractivity contribution in [2.45, 2.75) is 4.90 Å². The number of benzene rings is 2. The van der Waals surface area contributed by atoms with Crippen LogP contribution >= 0.6 is 43.6 Å². The quantitative estimate of drug-likeness (QED) is 0.480. The van der Waals surface area contributed by atoms with Gasteiger partial charge in [-0.3, -0.25) is 0 Å². The maximum absolute atomic E-state index is 9.20. The normalized spacial score (nSPS) is 11.1. The highest BCUT2D eigenvalue weighted by molar-refractivity contribution is 9.10. The molecule has 0 saturated heterocycles. The molecule has 0 aliphatic heterocycles. The number of nitrogens with zero attached hydrogens (tertiary/aromatic N) is 1. The van der Waals surface area contributed by atoms with Crippen LogP contribution in [0, 0.1) is 11.3 Å². The van der Waals surface area contributed by atoms with Crippen LogP contribution in [0.5, 0.6) is 0 Å². The predicted molar refractivity (Wildman–Crippen MR) is 87.7 cm³/mol. The Balaban J connectivity index is 2.18. The van der Waals surface area contributed by atoms with Crippen LogP contribution < -0.4 is 0 Å². The van der Waals surface area contributed by atoms with Crippen molar-refractivity contribution in [2.24, 2.45) is 0 Å². The van der Waals surface area contributed by atoms with Gasteiger partial charge in [0.2, 0.25) is 0 Å². The van der Waals surface area contributed by atoms with Gasteiger partial charge in [0.05, 0.1) is 4.91 Å². The molecule has 0 unspecified atom stereocenters. The molecule has 2 aromatic rings. The number of rotatable bonds is 3. The first-order chi connectivity index (χ1) is 9.17. The van der Waals surface area contributed by atoms with E-state index in [0.717, 1.165) is 19.4 Å². The Bertz CT molecular complexity index is 625. The Kier molecular flexibility index (Phi) is 5.26. The number of thioether (sulfide) groups is 1. The molecule has 19 heavy (non-hydrogen) atoms. The summed E-state index contributed by atoms with van der Waals surface area (Å²) in [4.78, 5) is 1.72. The van der Waals surface area contributed by atoms with Crippen LogP contribution in [0.2, 0.25) is 0 Å². The van der Waals surface area contributed by atoms with E-state index in [0.29, 0.717) is 4.91 Å². The Morgan fingerprint density at radius 3 is 2.00 bits per heavy atom. The third-order valence-corrected chi connectivity index (χ3v) is 4.31. The largest absolute Gasteiger partial charge is 0.192 e. The fourth-order valence-electron chi connectivity index (χ4n) is 1.42. The second-order valence-electron chi connectivity index (χ2n) is 3.73. The molecule has 0 saturated carbocycles. The molecule has 2 aromatic carbocycles. The van der Waals surface area contributed by atoms with E-state index < -0.39 is 0 Å². The van der Waals surface area contributed by atoms with Gasteiger partial charge in [0.15, 0.2) is 0 Å². The van der Waals surface area contributed by atoms with Crippen molar-refractivity contribution < 1.29 is 0 Å². The first-order valence-corrected chi connectivity index (χ1v) is 7.88. The molecular formula is C15H9Br2NS. The van der Waals surface area contributed by atoms with E-state index in [1.807, 2.05) is 54.6 Å². The molecule has 0 atom stereocenters. The van der Waals surface area contributed by atoms with E-state index in [1.54, 1.807) is 0 Å². The van der Waals surface area contributed by atoms with Crippen LogP contribution in [0.4, 0.5) is 0 Å². The summed E-state index contributed by atoms with van der Waals surface area (Å²) < 4.78 is 2.07. The average molecular weight is 395 g/mol. The Hall–Kier alpha value is -1.02. The lowest BCUT2D eigenvalue weighted by Crippen LogP contribution is -1.77. The molecule has 2 rings (SSSR count). The van der Waals surface area contributed by atoms with Crippen molar-refractivity contribution >= 4 is 49.7 Å². The first kappa shape index (κ1) is 14.4. The fraction of sp³-hybridized carbons (Fsp3) is 0. The van der Waals surface area contributed by atoms with Gasteiger partial charge in [-0.05, 0) is 48.0 Å². The smallest absolute Gasteiger partial charge is 0.106 e. The van der Waals surface area contributed by atoms with Gasteiger partial charge >= 0.3 is 0 Å². The van der Waals surface area contributed by atoms with Crippen LogP contribution in [0.15, 0.2) is 67.3 Å². The van der Waals surface area contributed by atoms with Crippen LogP contribution in [0.25, 0.3) is 6.08 Å². The molecule has 0 bridgehead atoms. The minimum absolute atomic E-state index is 0.671. The molecule has 0 amide bonds. The number of hydrogen-bond donors (Lipinski definition) is 0. The lowest BCUT2D eigenvalue weighted by Gasteiger charge is -2.00. The van der Waals surface area contributed by atoms with E-state index in [9.17, 15) is 5.26 Å². The monoisotopic (exact) mass is 393 g/mol. The van der Waals surface area contributed by atoms with Gasteiger partial charge in [-0.2, -0.15) is 5.26 Å². The highest BCUT2D eigenvalue weighted by atomic mass is 79.9. The average Bonchev–Trinajstić information content (AvgIpc) is 2.43. The summed E-state index contributed by atoms with van der Waals surface area (Å²) in [6.07, 6.45) is 1.89. The molecule has 0 N–H and O–H groups in total. The molecular weight excluding hydrogens is 386 g/mol. The zero-order valence-corrected chi connectivity index (χ0v) is 13.8. The zero-order chi connectivity index (χ0) is 13.7. The van der Waals surface area contributed by atoms with E-state index in [1.165, 1.54) is 11.8 Å². The maximum atomic E-state index is 9.20. The minimum Gasteiger partial charge on any atom is -0.192 e. The highest BCUT2D eigenvalue weighted by Gasteiger charge is 2.01. The van der Waals surface area contributed by atoms with Gasteiger partial charge in [-0.25, -0.2) is 0 Å². The molecule has 0 aromatic heterocycles. The second kappa shape index (κ2) is 6.95. The van der Waals surface area contributed by atoms with Gasteiger partial charge in [0.25, 0.3) is 0 Å². The Morgan fingerprint density at radius 2 is 1.47 bits per heavy atom. The standard InChI is InChI=1S/C15H9Br2NS/c16-12-3-1-11(2-4-12)9-15(10-18)19-14-7-5-13(17)6-8-14/h1-9H. The minimum atomic E-state index is 0.671. The molecule has 0 fully saturated rings. The number of hydrogen-bond acceptors (Lipinski definition) is 2. The van der Waals surface area contributed by atoms with Crippen molar-refractivity contribution in [3.05, 3.63) is 67.9 Å². The SMILES string of the molecule is N#CC(=Cc1ccc(Br)cc1)Sc1ccc(Br)cc1. The third-order valence-electron chi connectivity index (χ3n) is 2.32. The van der Waals surface area contributed by atoms with Crippen molar-refractivity contribution in [2.75, 3.05) is 0 Å². The third kappa shape index (κ3) is 4.54. The summed E-state index contributed by atoms with van der Waals surface area (Å²) in [6, 6.07) is 18.0. The molecule has 0 aliphatic rings. The Labute approximate surface area is 133 Å². The Morgan fingerprint density at radius 1 is 0.947 bits per heavy atom. The lowest BCUT2D eigenvalue weighted by atomic mass is 10.2. The van der Waals surface area contributed by atoms with Crippen molar-refractivity contribution in [3.63, 3.8) is 0 Å². The molecule has 0 spiro atoms. The summed E-state index contributed by atoms with van der Waals surface area (Å²) in [5.74, 6) is 0. The fourth-order valence-corrected chi connectivity index (χ4v) is 2.72. The van der Waals surface area contributed by atoms with Crippen molar-refractivity contribution in [1.29, 1.82) is 5.26 Å². The molecule has 0 aliphatic carbocycles. The van der Waals surface area contributed by atoms with E-state index in [-0.39, 0.29) is 0 Å². The highest BCUT2D eigenvalue weighted by Crippen LogP contribution is 2.29. The summed E-state index contributed by atoms with van der Waals surface area (Å²) in [5.41, 5.74) is 1.02. The van der Waals surface area contributed by atoms with E-state index in [2.05, 4.69) is 37.9 Å².